The Bertz CT molecular complexity index is 2420. The predicted octanol–water partition coefficient (Wildman–Crippen LogP) is 7.59. The predicted molar refractivity (Wildman–Crippen MR) is 229 cm³/mol. The fourth-order valence-electron chi connectivity index (χ4n) is 4.21. The first-order valence-electron chi connectivity index (χ1n) is 14.9. The van der Waals surface area contributed by atoms with Crippen LogP contribution in [-0.2, 0) is 12.5 Å². The van der Waals surface area contributed by atoms with Gasteiger partial charge in [0.25, 0.3) is 5.91 Å². The fourth-order valence-corrected chi connectivity index (χ4v) is 5.28. The smallest absolute Gasteiger partial charge is 0.261 e. The molecule has 3 aromatic rings. The van der Waals surface area contributed by atoms with Crippen molar-refractivity contribution in [2.45, 2.75) is 27.2 Å². The highest BCUT2D eigenvalue weighted by Gasteiger charge is 2.23. The molecule has 0 bridgehead atoms. The number of carbonyl (C=O) groups excluding carboxylic acids is 1. The van der Waals surface area contributed by atoms with E-state index in [2.05, 4.69) is 177 Å². The van der Waals surface area contributed by atoms with Crippen LogP contribution in [0.5, 0.6) is 0 Å². The van der Waals surface area contributed by atoms with Crippen molar-refractivity contribution in [1.29, 1.82) is 5.53 Å². The van der Waals surface area contributed by atoms with Gasteiger partial charge < -0.3 is 10.2 Å². The van der Waals surface area contributed by atoms with Crippen molar-refractivity contribution in [2.24, 2.45) is 5.92 Å². The lowest BCUT2D eigenvalue weighted by molar-refractivity contribution is 0.0952. The maximum absolute atomic E-state index is 12.6. The number of fused-ring (bicyclic) bond motifs is 1. The third-order valence-electron chi connectivity index (χ3n) is 6.22. The Morgan fingerprint density at radius 2 is 1.44 bits per heavy atom. The molecule has 1 aromatic carbocycles. The van der Waals surface area contributed by atoms with Crippen LogP contribution in [0.15, 0.2) is 42.5 Å². The van der Waals surface area contributed by atoms with Crippen LogP contribution in [0.25, 0.3) is 20.7 Å². The van der Waals surface area contributed by atoms with E-state index >= 15 is 0 Å². The number of terminal acetylenes is 1. The average Bonchev–Trinajstić information content (AvgIpc) is 3.82. The van der Waals surface area contributed by atoms with E-state index in [-0.39, 0.29) is 18.7 Å². The standard InChI is InChI=1S/C21H23N3OS.C21H4.HN3.OS.9H2/c1-14-10-15(2)23-21-18(14)11-19(26-21)20(25)22-12-16-8-9-24(13-16)17-6-4-3-5-7-17;1-3-5-7-9-11-13-15-17-19-21-20-18-16-14-12-10-8-6-4-2;1-3-2;1-2;;;;;;;;;/h3-7,10-11,16H,8-9,12-13H2,1-2H3,(H,22,25);1H,2H3;1H;;9*1H. The third-order valence-corrected chi connectivity index (χ3v) is 7.25. The highest BCUT2D eigenvalue weighted by Crippen LogP contribution is 2.27. The zero-order chi connectivity index (χ0) is 38.2. The Labute approximate surface area is 328 Å². The van der Waals surface area contributed by atoms with Crippen molar-refractivity contribution in [2.75, 3.05) is 24.5 Å². The monoisotopic (exact) mass is 730 g/mol. The molecule has 0 aliphatic carbocycles. The second-order valence-corrected chi connectivity index (χ2v) is 10.7. The van der Waals surface area contributed by atoms with Crippen LogP contribution in [-0.4, -0.2) is 34.7 Å². The fraction of sp³-hybridized carbons (Fsp3) is 0.190. The van der Waals surface area contributed by atoms with Crippen molar-refractivity contribution < 1.29 is 21.8 Å². The van der Waals surface area contributed by atoms with Gasteiger partial charge in [-0.2, -0.15) is 4.21 Å². The van der Waals surface area contributed by atoms with Crippen LogP contribution in [0.2, 0.25) is 0 Å². The Balaban J connectivity index is -0.000000103. The highest BCUT2D eigenvalue weighted by molar-refractivity contribution is 7.44. The number of aromatic nitrogens is 1. The maximum atomic E-state index is 12.6. The van der Waals surface area contributed by atoms with Crippen LogP contribution in [0.3, 0.4) is 0 Å². The molecular formula is C42H46N6O2S2. The molecule has 3 heterocycles. The number of aryl methyl sites for hydroxylation is 2. The van der Waals surface area contributed by atoms with E-state index in [4.69, 9.17) is 21.7 Å². The Hall–Kier alpha value is -7.47. The number of benzene rings is 1. The lowest BCUT2D eigenvalue weighted by atomic mass is 10.1. The Morgan fingerprint density at radius 3 is 1.94 bits per heavy atom. The minimum absolute atomic E-state index is 0. The van der Waals surface area contributed by atoms with Gasteiger partial charge in [-0.15, -0.1) is 23.3 Å². The topological polar surface area (TPSA) is 123 Å². The number of rotatable bonds is 4. The molecule has 0 radical (unpaired) electrons. The van der Waals surface area contributed by atoms with Crippen molar-refractivity contribution in [3.63, 3.8) is 0 Å². The van der Waals surface area contributed by atoms with Crippen LogP contribution >= 0.6 is 11.3 Å². The van der Waals surface area contributed by atoms with E-state index in [9.17, 15) is 4.79 Å². The lowest BCUT2D eigenvalue weighted by Gasteiger charge is -2.18. The largest absolute Gasteiger partial charge is 0.371 e. The highest BCUT2D eigenvalue weighted by atomic mass is 32.1. The van der Waals surface area contributed by atoms with Gasteiger partial charge in [0, 0.05) is 61.1 Å². The van der Waals surface area contributed by atoms with E-state index in [1.165, 1.54) is 22.6 Å². The number of para-hydroxylation sites is 1. The average molecular weight is 731 g/mol. The Morgan fingerprint density at radius 1 is 0.942 bits per heavy atom. The molecule has 1 aliphatic rings. The molecule has 52 heavy (non-hydrogen) atoms. The van der Waals surface area contributed by atoms with E-state index in [1.807, 2.05) is 19.1 Å². The summed E-state index contributed by atoms with van der Waals surface area (Å²) >= 11 is 4.31. The number of thiophene rings is 1. The summed E-state index contributed by atoms with van der Waals surface area (Å²) in [5.41, 5.74) is 15.7. The van der Waals surface area contributed by atoms with E-state index in [1.54, 1.807) is 11.8 Å². The number of nitrogens with zero attached hydrogens (tertiary/aromatic N) is 4. The second-order valence-electron chi connectivity index (χ2n) is 9.68. The number of nitrogens with one attached hydrogen (secondary N) is 2. The van der Waals surface area contributed by atoms with Gasteiger partial charge in [-0.1, -0.05) is 24.1 Å². The molecule has 1 fully saturated rings. The van der Waals surface area contributed by atoms with Crippen LogP contribution in [0.4, 0.5) is 5.69 Å². The molecule has 10 heteroatoms. The van der Waals surface area contributed by atoms with Crippen molar-refractivity contribution in [1.82, 2.24) is 10.3 Å². The molecule has 0 spiro atoms. The van der Waals surface area contributed by atoms with Crippen LogP contribution < -0.4 is 10.2 Å². The van der Waals surface area contributed by atoms with Gasteiger partial charge in [-0.05, 0) is 168 Å². The van der Waals surface area contributed by atoms with E-state index < -0.39 is 0 Å². The summed E-state index contributed by atoms with van der Waals surface area (Å²) in [4.78, 5) is 23.0. The second kappa shape index (κ2) is 27.5. The van der Waals surface area contributed by atoms with Crippen LogP contribution in [0.1, 0.15) is 47.1 Å². The maximum Gasteiger partial charge on any atom is 0.261 e. The van der Waals surface area contributed by atoms with Gasteiger partial charge in [-0.25, -0.2) is 4.98 Å². The number of amides is 1. The van der Waals surface area contributed by atoms with E-state index in [0.29, 0.717) is 5.92 Å². The van der Waals surface area contributed by atoms with Gasteiger partial charge in [0.05, 0.1) is 4.88 Å². The van der Waals surface area contributed by atoms with Gasteiger partial charge >= 0.3 is 0 Å². The molecule has 4 rings (SSSR count). The molecule has 1 aliphatic heterocycles. The number of anilines is 1. The molecule has 8 nitrogen and oxygen atoms in total. The first kappa shape index (κ1) is 42.6. The molecule has 2 N–H and O–H groups in total. The van der Waals surface area contributed by atoms with Crippen molar-refractivity contribution in [3.05, 3.63) is 69.0 Å². The molecule has 1 atom stereocenters. The molecule has 1 saturated heterocycles. The molecule has 2 aromatic heterocycles. The normalized spacial score (nSPS) is 10.3. The number of carbonyl (C=O) groups is 1. The summed E-state index contributed by atoms with van der Waals surface area (Å²) in [5.74, 6) is 47.4. The van der Waals surface area contributed by atoms with Gasteiger partial charge in [0.1, 0.15) is 4.83 Å². The first-order chi connectivity index (χ1) is 25.4. The summed E-state index contributed by atoms with van der Waals surface area (Å²) in [6, 6.07) is 14.5. The van der Waals surface area contributed by atoms with E-state index in [0.717, 1.165) is 46.8 Å². The quantitative estimate of drug-likeness (QED) is 0.124. The third kappa shape index (κ3) is 17.6. The summed E-state index contributed by atoms with van der Waals surface area (Å²) in [5, 5.41) is 4.21. The van der Waals surface area contributed by atoms with Gasteiger partial charge in [0.2, 0.25) is 0 Å². The number of pyridine rings is 1. The minimum Gasteiger partial charge on any atom is -0.371 e. The molecule has 0 saturated carbocycles. The molecule has 1 unspecified atom stereocenters. The minimum atomic E-state index is 0. The molecule has 1 amide bonds. The summed E-state index contributed by atoms with van der Waals surface area (Å²) in [6.07, 6.45) is 6.01. The number of hydrogen-bond acceptors (Lipinski definition) is 7. The first-order valence-corrected chi connectivity index (χ1v) is 16.1. The van der Waals surface area contributed by atoms with Crippen LogP contribution in [0, 0.1) is 144 Å². The van der Waals surface area contributed by atoms with Gasteiger partial charge in [-0.3, -0.25) is 4.79 Å². The molecule has 268 valence electrons. The summed E-state index contributed by atoms with van der Waals surface area (Å²) in [7, 11) is 0. The number of hydrogen-bond donors (Lipinski definition) is 2. The molecular weight excluding hydrogens is 685 g/mol. The van der Waals surface area contributed by atoms with Crippen molar-refractivity contribution >= 4 is 45.7 Å². The SMILES string of the molecule is C#CC#CC#CC#CC#CC#CC#CC#CC#CC#CC.Cc1cc(C)c2cc(C(=O)NCC3CCN(c4ccccc4)C3)sc2n1.O=S.[HH].[HH].[HH].[HH].[HH].[HH].[HH].[HH].[HH].[N-]=[N+]=N. The summed E-state index contributed by atoms with van der Waals surface area (Å²) < 4.78 is 7.83. The Kier molecular flexibility index (Phi) is 22.5. The zero-order valence-corrected chi connectivity index (χ0v) is 30.1. The van der Waals surface area contributed by atoms with Gasteiger partial charge in [0.15, 0.2) is 12.5 Å². The zero-order valence-electron chi connectivity index (χ0n) is 28.4. The summed E-state index contributed by atoms with van der Waals surface area (Å²) in [6.45, 7) is 8.53. The van der Waals surface area contributed by atoms with Crippen molar-refractivity contribution in [3.8, 4) is 119 Å². The lowest BCUT2D eigenvalue weighted by Crippen LogP contribution is -2.30.